The zero-order valence-corrected chi connectivity index (χ0v) is 8.13. The molecule has 1 aromatic rings. The van der Waals surface area contributed by atoms with Crippen molar-refractivity contribution < 1.29 is 4.74 Å². The van der Waals surface area contributed by atoms with Gasteiger partial charge in [-0.3, -0.25) is 0 Å². The summed E-state index contributed by atoms with van der Waals surface area (Å²) < 4.78 is 5.17. The van der Waals surface area contributed by atoms with E-state index < -0.39 is 0 Å². The van der Waals surface area contributed by atoms with E-state index in [4.69, 9.17) is 4.74 Å². The molecule has 0 heterocycles. The first-order valence-corrected chi connectivity index (χ1v) is 4.71. The van der Waals surface area contributed by atoms with E-state index in [2.05, 4.69) is 24.4 Å². The van der Waals surface area contributed by atoms with Gasteiger partial charge in [0.15, 0.2) is 0 Å². The quantitative estimate of drug-likeness (QED) is 0.766. The number of hydrogen-bond acceptors (Lipinski definition) is 2. The van der Waals surface area contributed by atoms with Gasteiger partial charge in [0.25, 0.3) is 0 Å². The molecule has 1 aliphatic rings. The van der Waals surface area contributed by atoms with Gasteiger partial charge in [-0.05, 0) is 31.4 Å². The zero-order chi connectivity index (χ0) is 9.26. The van der Waals surface area contributed by atoms with Gasteiger partial charge in [0.1, 0.15) is 5.75 Å². The molecule has 13 heavy (non-hydrogen) atoms. The number of anilines is 1. The molecule has 0 aromatic heterocycles. The Labute approximate surface area is 78.9 Å². The van der Waals surface area contributed by atoms with Crippen LogP contribution in [-0.2, 0) is 0 Å². The largest absolute Gasteiger partial charge is 0.497 e. The van der Waals surface area contributed by atoms with Crippen molar-refractivity contribution in [2.75, 3.05) is 12.4 Å². The molecule has 2 rings (SSSR count). The first-order valence-electron chi connectivity index (χ1n) is 4.71. The molecule has 0 amide bonds. The fraction of sp³-hybridized carbons (Fsp3) is 0.455. The minimum atomic E-state index is 0.700. The second-order valence-electron chi connectivity index (χ2n) is 3.60. The highest BCUT2D eigenvalue weighted by atomic mass is 16.5. The summed E-state index contributed by atoms with van der Waals surface area (Å²) in [7, 11) is 1.70. The Morgan fingerprint density at radius 1 is 1.38 bits per heavy atom. The van der Waals surface area contributed by atoms with Crippen LogP contribution in [0, 0.1) is 6.92 Å². The van der Waals surface area contributed by atoms with E-state index in [-0.39, 0.29) is 0 Å². The van der Waals surface area contributed by atoms with Crippen LogP contribution in [-0.4, -0.2) is 13.2 Å². The van der Waals surface area contributed by atoms with E-state index in [0.717, 1.165) is 5.75 Å². The Morgan fingerprint density at radius 2 is 2.15 bits per heavy atom. The lowest BCUT2D eigenvalue weighted by Gasteiger charge is -2.09. The van der Waals surface area contributed by atoms with Crippen LogP contribution in [0.4, 0.5) is 5.69 Å². The van der Waals surface area contributed by atoms with Gasteiger partial charge >= 0.3 is 0 Å². The molecule has 70 valence electrons. The molecule has 0 radical (unpaired) electrons. The monoisotopic (exact) mass is 177 g/mol. The van der Waals surface area contributed by atoms with Crippen molar-refractivity contribution in [3.8, 4) is 5.75 Å². The summed E-state index contributed by atoms with van der Waals surface area (Å²) >= 11 is 0. The summed E-state index contributed by atoms with van der Waals surface area (Å²) in [5.74, 6) is 0.925. The van der Waals surface area contributed by atoms with Crippen molar-refractivity contribution in [2.24, 2.45) is 0 Å². The second-order valence-corrected chi connectivity index (χ2v) is 3.60. The predicted octanol–water partition coefficient (Wildman–Crippen LogP) is 2.58. The molecule has 1 aliphatic carbocycles. The maximum Gasteiger partial charge on any atom is 0.120 e. The molecule has 1 aromatic carbocycles. The maximum absolute atomic E-state index is 5.17. The average Bonchev–Trinajstić information content (AvgIpc) is 2.93. The van der Waals surface area contributed by atoms with Crippen LogP contribution >= 0.6 is 0 Å². The summed E-state index contributed by atoms with van der Waals surface area (Å²) in [6, 6.07) is 6.84. The normalized spacial score (nSPS) is 15.5. The Hall–Kier alpha value is -1.18. The van der Waals surface area contributed by atoms with Crippen LogP contribution in [0.3, 0.4) is 0 Å². The molecule has 0 unspecified atom stereocenters. The zero-order valence-electron chi connectivity index (χ0n) is 8.13. The molecule has 2 heteroatoms. The molecule has 0 atom stereocenters. The minimum absolute atomic E-state index is 0.700. The number of rotatable bonds is 3. The molecule has 0 aliphatic heterocycles. The van der Waals surface area contributed by atoms with Crippen LogP contribution in [0.15, 0.2) is 18.2 Å². The summed E-state index contributed by atoms with van der Waals surface area (Å²) in [6.07, 6.45) is 2.60. The smallest absolute Gasteiger partial charge is 0.120 e. The lowest BCUT2D eigenvalue weighted by Crippen LogP contribution is -2.02. The van der Waals surface area contributed by atoms with Gasteiger partial charge in [-0.2, -0.15) is 0 Å². The van der Waals surface area contributed by atoms with Crippen LogP contribution < -0.4 is 10.1 Å². The lowest BCUT2D eigenvalue weighted by atomic mass is 10.2. The third-order valence-electron chi connectivity index (χ3n) is 2.38. The first-order chi connectivity index (χ1) is 6.29. The lowest BCUT2D eigenvalue weighted by molar-refractivity contribution is 0.415. The van der Waals surface area contributed by atoms with E-state index in [0.29, 0.717) is 6.04 Å². The van der Waals surface area contributed by atoms with E-state index in [1.807, 2.05) is 6.07 Å². The van der Waals surface area contributed by atoms with Gasteiger partial charge in [0.2, 0.25) is 0 Å². The van der Waals surface area contributed by atoms with Crippen LogP contribution in [0.25, 0.3) is 0 Å². The van der Waals surface area contributed by atoms with Crippen molar-refractivity contribution >= 4 is 5.69 Å². The fourth-order valence-electron chi connectivity index (χ4n) is 1.33. The van der Waals surface area contributed by atoms with E-state index in [1.54, 1.807) is 7.11 Å². The molecule has 1 N–H and O–H groups in total. The topological polar surface area (TPSA) is 21.3 Å². The van der Waals surface area contributed by atoms with Crippen molar-refractivity contribution in [1.29, 1.82) is 0 Å². The Bertz CT molecular complexity index is 305. The van der Waals surface area contributed by atoms with E-state index >= 15 is 0 Å². The maximum atomic E-state index is 5.17. The van der Waals surface area contributed by atoms with Crippen LogP contribution in [0.1, 0.15) is 18.4 Å². The molecular formula is C11H15NO. The molecule has 2 nitrogen and oxygen atoms in total. The highest BCUT2D eigenvalue weighted by Crippen LogP contribution is 2.28. The Kier molecular flexibility index (Phi) is 2.13. The summed E-state index contributed by atoms with van der Waals surface area (Å²) in [5.41, 5.74) is 2.49. The van der Waals surface area contributed by atoms with Crippen molar-refractivity contribution in [3.63, 3.8) is 0 Å². The van der Waals surface area contributed by atoms with Gasteiger partial charge in [-0.15, -0.1) is 0 Å². The minimum Gasteiger partial charge on any atom is -0.497 e. The summed E-state index contributed by atoms with van der Waals surface area (Å²) in [6.45, 7) is 2.12. The highest BCUT2D eigenvalue weighted by Gasteiger charge is 2.21. The van der Waals surface area contributed by atoms with Gasteiger partial charge in [-0.25, -0.2) is 0 Å². The van der Waals surface area contributed by atoms with Crippen LogP contribution in [0.5, 0.6) is 5.75 Å². The van der Waals surface area contributed by atoms with Gasteiger partial charge in [0, 0.05) is 17.8 Å². The van der Waals surface area contributed by atoms with Gasteiger partial charge in [0.05, 0.1) is 7.11 Å². The fourth-order valence-corrected chi connectivity index (χ4v) is 1.33. The molecule has 0 saturated heterocycles. The number of methoxy groups -OCH3 is 1. The summed E-state index contributed by atoms with van der Waals surface area (Å²) in [4.78, 5) is 0. The molecule has 1 fully saturated rings. The molecule has 0 bridgehead atoms. The number of hydrogen-bond donors (Lipinski definition) is 1. The average molecular weight is 177 g/mol. The third-order valence-corrected chi connectivity index (χ3v) is 2.38. The molecular weight excluding hydrogens is 162 g/mol. The third kappa shape index (κ3) is 1.94. The van der Waals surface area contributed by atoms with Crippen molar-refractivity contribution in [1.82, 2.24) is 0 Å². The van der Waals surface area contributed by atoms with Gasteiger partial charge < -0.3 is 10.1 Å². The van der Waals surface area contributed by atoms with Crippen LogP contribution in [0.2, 0.25) is 0 Å². The Balaban J connectivity index is 2.19. The Morgan fingerprint density at radius 3 is 2.77 bits per heavy atom. The second kappa shape index (κ2) is 3.29. The number of nitrogens with one attached hydrogen (secondary N) is 1. The van der Waals surface area contributed by atoms with E-state index in [9.17, 15) is 0 Å². The molecule has 1 saturated carbocycles. The first kappa shape index (κ1) is 8.42. The number of benzene rings is 1. The number of aryl methyl sites for hydroxylation is 1. The van der Waals surface area contributed by atoms with Gasteiger partial charge in [-0.1, -0.05) is 6.07 Å². The highest BCUT2D eigenvalue weighted by molar-refractivity contribution is 5.55. The molecule has 0 spiro atoms. The SMILES string of the molecule is COc1ccc(C)c(NC2CC2)c1. The van der Waals surface area contributed by atoms with Crippen molar-refractivity contribution in [2.45, 2.75) is 25.8 Å². The van der Waals surface area contributed by atoms with E-state index in [1.165, 1.54) is 24.1 Å². The predicted molar refractivity (Wildman–Crippen MR) is 54.4 cm³/mol. The number of ether oxygens (including phenoxy) is 1. The standard InChI is InChI=1S/C11H15NO/c1-8-3-6-10(13-2)7-11(8)12-9-4-5-9/h3,6-7,9,12H,4-5H2,1-2H3. The summed E-state index contributed by atoms with van der Waals surface area (Å²) in [5, 5.41) is 3.48. The van der Waals surface area contributed by atoms with Crippen molar-refractivity contribution in [3.05, 3.63) is 23.8 Å².